The molecule has 3 aromatic rings. The summed E-state index contributed by atoms with van der Waals surface area (Å²) in [7, 11) is -2.98. The number of hydrogen-bond acceptors (Lipinski definition) is 6. The summed E-state index contributed by atoms with van der Waals surface area (Å²) in [4.78, 5) is 26.0. The molecule has 0 spiro atoms. The molecule has 0 radical (unpaired) electrons. The maximum absolute atomic E-state index is 13.7. The van der Waals surface area contributed by atoms with Crippen molar-refractivity contribution in [2.75, 3.05) is 12.0 Å². The van der Waals surface area contributed by atoms with Gasteiger partial charge in [-0.2, -0.15) is 0 Å². The number of benzene rings is 3. The minimum absolute atomic E-state index is 0.0307. The highest BCUT2D eigenvalue weighted by Crippen LogP contribution is 2.44. The molecule has 1 aliphatic heterocycles. The van der Waals surface area contributed by atoms with Crippen LogP contribution in [-0.4, -0.2) is 32.5 Å². The van der Waals surface area contributed by atoms with Crippen LogP contribution in [0, 0.1) is 6.92 Å². The SMILES string of the molecule is CCc1ccc(N2C(=O)C(O)=C(S(=O)(=O)c3ccc(C)cc3)C2c2ccc(C(=O)OC)cc2)cc1. The van der Waals surface area contributed by atoms with Crippen LogP contribution in [0.25, 0.3) is 0 Å². The van der Waals surface area contributed by atoms with Gasteiger partial charge in [0.05, 0.1) is 17.6 Å². The predicted octanol–water partition coefficient (Wildman–Crippen LogP) is 4.68. The fourth-order valence-corrected chi connectivity index (χ4v) is 5.71. The van der Waals surface area contributed by atoms with Crippen molar-refractivity contribution in [2.24, 2.45) is 0 Å². The van der Waals surface area contributed by atoms with E-state index in [2.05, 4.69) is 0 Å². The lowest BCUT2D eigenvalue weighted by atomic mass is 10.0. The molecule has 8 heteroatoms. The predicted molar refractivity (Wildman–Crippen MR) is 132 cm³/mol. The van der Waals surface area contributed by atoms with Gasteiger partial charge in [0.15, 0.2) is 5.76 Å². The summed E-state index contributed by atoms with van der Waals surface area (Å²) in [5.74, 6) is -2.19. The minimum Gasteiger partial charge on any atom is -0.502 e. The van der Waals surface area contributed by atoms with E-state index in [4.69, 9.17) is 4.74 Å². The first-order valence-corrected chi connectivity index (χ1v) is 12.5. The van der Waals surface area contributed by atoms with Crippen molar-refractivity contribution in [3.63, 3.8) is 0 Å². The molecule has 1 atom stereocenters. The third kappa shape index (κ3) is 4.33. The number of methoxy groups -OCH3 is 1. The summed E-state index contributed by atoms with van der Waals surface area (Å²) in [5, 5.41) is 10.9. The zero-order chi connectivity index (χ0) is 25.3. The van der Waals surface area contributed by atoms with E-state index >= 15 is 0 Å². The Morgan fingerprint density at radius 3 is 2.11 bits per heavy atom. The highest BCUT2D eigenvalue weighted by atomic mass is 32.2. The molecule has 1 heterocycles. The number of aliphatic hydroxyl groups is 1. The number of esters is 1. The maximum Gasteiger partial charge on any atom is 0.337 e. The molecular formula is C27H25NO6S. The van der Waals surface area contributed by atoms with Crippen molar-refractivity contribution in [3.8, 4) is 0 Å². The molecule has 1 unspecified atom stereocenters. The summed E-state index contributed by atoms with van der Waals surface area (Å²) >= 11 is 0. The highest BCUT2D eigenvalue weighted by molar-refractivity contribution is 7.95. The van der Waals surface area contributed by atoms with Crippen LogP contribution in [0.5, 0.6) is 0 Å². The lowest BCUT2D eigenvalue weighted by Crippen LogP contribution is -2.31. The van der Waals surface area contributed by atoms with Gasteiger partial charge in [0, 0.05) is 5.69 Å². The van der Waals surface area contributed by atoms with Gasteiger partial charge < -0.3 is 9.84 Å². The minimum atomic E-state index is -4.24. The van der Waals surface area contributed by atoms with Crippen molar-refractivity contribution in [3.05, 3.63) is 106 Å². The highest BCUT2D eigenvalue weighted by Gasteiger charge is 2.47. The topological polar surface area (TPSA) is 101 Å². The summed E-state index contributed by atoms with van der Waals surface area (Å²) in [6.45, 7) is 3.83. The van der Waals surface area contributed by atoms with Gasteiger partial charge in [0.1, 0.15) is 10.9 Å². The van der Waals surface area contributed by atoms with Crippen molar-refractivity contribution in [1.29, 1.82) is 0 Å². The van der Waals surface area contributed by atoms with Crippen molar-refractivity contribution in [1.82, 2.24) is 0 Å². The molecule has 7 nitrogen and oxygen atoms in total. The standard InChI is InChI=1S/C27H25NO6S/c1-4-18-7-13-21(14-8-18)28-23(19-9-11-20(12-10-19)27(31)34-3)25(24(29)26(28)30)35(32,33)22-15-5-17(2)6-16-22/h5-16,23,29H,4H2,1-3H3. The monoisotopic (exact) mass is 491 g/mol. The Morgan fingerprint density at radius 2 is 1.57 bits per heavy atom. The van der Waals surface area contributed by atoms with Crippen LogP contribution in [0.1, 0.15) is 40.0 Å². The van der Waals surface area contributed by atoms with Crippen LogP contribution in [-0.2, 0) is 25.8 Å². The molecule has 1 aliphatic rings. The second-order valence-corrected chi connectivity index (χ2v) is 10.2. The lowest BCUT2D eigenvalue weighted by Gasteiger charge is -2.27. The molecule has 180 valence electrons. The number of aliphatic hydroxyl groups excluding tert-OH is 1. The summed E-state index contributed by atoms with van der Waals surface area (Å²) in [5.41, 5.74) is 3.05. The number of nitrogens with zero attached hydrogens (tertiary/aromatic N) is 1. The van der Waals surface area contributed by atoms with E-state index in [1.807, 2.05) is 26.0 Å². The van der Waals surface area contributed by atoms with Gasteiger partial charge in [-0.1, -0.05) is 48.9 Å². The molecule has 1 N–H and O–H groups in total. The summed E-state index contributed by atoms with van der Waals surface area (Å²) < 4.78 is 32.2. The molecule has 0 aliphatic carbocycles. The van der Waals surface area contributed by atoms with Gasteiger partial charge in [-0.3, -0.25) is 9.69 Å². The van der Waals surface area contributed by atoms with Crippen LogP contribution in [0.4, 0.5) is 5.69 Å². The van der Waals surface area contributed by atoms with Crippen molar-refractivity contribution >= 4 is 27.4 Å². The van der Waals surface area contributed by atoms with Crippen molar-refractivity contribution < 1.29 is 27.9 Å². The van der Waals surface area contributed by atoms with Gasteiger partial charge >= 0.3 is 5.97 Å². The second kappa shape index (κ2) is 9.38. The second-order valence-electron chi connectivity index (χ2n) is 8.24. The van der Waals surface area contributed by atoms with E-state index in [9.17, 15) is 23.1 Å². The average Bonchev–Trinajstić information content (AvgIpc) is 3.14. The molecule has 0 saturated heterocycles. The van der Waals surface area contributed by atoms with Gasteiger partial charge in [0.25, 0.3) is 5.91 Å². The third-order valence-electron chi connectivity index (χ3n) is 6.05. The number of carbonyl (C=O) groups excluding carboxylic acids is 2. The number of hydrogen-bond donors (Lipinski definition) is 1. The molecule has 3 aromatic carbocycles. The van der Waals surface area contributed by atoms with Gasteiger partial charge in [0.2, 0.25) is 9.84 Å². The fourth-order valence-electron chi connectivity index (χ4n) is 4.08. The molecule has 0 aromatic heterocycles. The Labute approximate surface area is 204 Å². The Bertz CT molecular complexity index is 1410. The lowest BCUT2D eigenvalue weighted by molar-refractivity contribution is -0.117. The van der Waals surface area contributed by atoms with Crippen LogP contribution in [0.2, 0.25) is 0 Å². The zero-order valence-electron chi connectivity index (χ0n) is 19.6. The molecule has 35 heavy (non-hydrogen) atoms. The molecule has 0 bridgehead atoms. The molecule has 1 amide bonds. The molecule has 0 fully saturated rings. The number of aryl methyl sites for hydroxylation is 2. The van der Waals surface area contributed by atoms with Crippen molar-refractivity contribution in [2.45, 2.75) is 31.2 Å². The first kappa shape index (κ1) is 24.2. The quantitative estimate of drug-likeness (QED) is 0.503. The van der Waals surface area contributed by atoms with Gasteiger partial charge in [-0.15, -0.1) is 0 Å². The van der Waals surface area contributed by atoms with E-state index in [0.29, 0.717) is 11.3 Å². The maximum atomic E-state index is 13.7. The van der Waals surface area contributed by atoms with Crippen LogP contribution in [0.15, 0.2) is 88.4 Å². The van der Waals surface area contributed by atoms with Crippen LogP contribution in [0.3, 0.4) is 0 Å². The summed E-state index contributed by atoms with van der Waals surface area (Å²) in [6.07, 6.45) is 0.795. The number of anilines is 1. The molecule has 4 rings (SSSR count). The van der Waals surface area contributed by atoms with Crippen LogP contribution < -0.4 is 4.90 Å². The summed E-state index contributed by atoms with van der Waals surface area (Å²) in [6, 6.07) is 18.3. The van der Waals surface area contributed by atoms with E-state index in [-0.39, 0.29) is 10.5 Å². The van der Waals surface area contributed by atoms with Gasteiger partial charge in [-0.05, 0) is 60.9 Å². The first-order valence-electron chi connectivity index (χ1n) is 11.0. The number of amides is 1. The normalized spacial score (nSPS) is 16.0. The molecular weight excluding hydrogens is 466 g/mol. The van der Waals surface area contributed by atoms with E-state index < -0.39 is 38.4 Å². The van der Waals surface area contributed by atoms with E-state index in [0.717, 1.165) is 17.5 Å². The Balaban J connectivity index is 1.90. The average molecular weight is 492 g/mol. The fraction of sp³-hybridized carbons (Fsp3) is 0.185. The number of rotatable bonds is 6. The van der Waals surface area contributed by atoms with Crippen LogP contribution >= 0.6 is 0 Å². The number of ether oxygens (including phenoxy) is 1. The largest absolute Gasteiger partial charge is 0.502 e. The third-order valence-corrected chi connectivity index (χ3v) is 7.94. The van der Waals surface area contributed by atoms with Gasteiger partial charge in [-0.25, -0.2) is 13.2 Å². The Hall–Kier alpha value is -3.91. The smallest absolute Gasteiger partial charge is 0.337 e. The Morgan fingerprint density at radius 1 is 0.971 bits per heavy atom. The zero-order valence-corrected chi connectivity index (χ0v) is 20.4. The molecule has 0 saturated carbocycles. The number of sulfone groups is 1. The Kier molecular flexibility index (Phi) is 6.49. The number of carbonyl (C=O) groups is 2. The first-order chi connectivity index (χ1) is 16.7. The van der Waals surface area contributed by atoms with E-state index in [1.165, 1.54) is 36.3 Å². The van der Waals surface area contributed by atoms with E-state index in [1.54, 1.807) is 36.4 Å².